The van der Waals surface area contributed by atoms with Crippen LogP contribution in [0.3, 0.4) is 0 Å². The number of amides is 3. The van der Waals surface area contributed by atoms with E-state index >= 15 is 0 Å². The largest absolute Gasteiger partial charge is 0.493 e. The number of ether oxygens (including phenoxy) is 2. The highest BCUT2D eigenvalue weighted by Crippen LogP contribution is 2.29. The molecule has 0 spiro atoms. The lowest BCUT2D eigenvalue weighted by molar-refractivity contribution is -0.916. The van der Waals surface area contributed by atoms with Gasteiger partial charge >= 0.3 is 12.6 Å². The van der Waals surface area contributed by atoms with Crippen molar-refractivity contribution in [3.8, 4) is 11.5 Å². The third kappa shape index (κ3) is 6.15. The van der Waals surface area contributed by atoms with E-state index in [2.05, 4.69) is 15.4 Å². The first kappa shape index (κ1) is 22.1. The van der Waals surface area contributed by atoms with Gasteiger partial charge in [-0.1, -0.05) is 30.3 Å². The van der Waals surface area contributed by atoms with Gasteiger partial charge in [-0.3, -0.25) is 10.1 Å². The third-order valence-electron chi connectivity index (χ3n) is 4.28. The first-order chi connectivity index (χ1) is 13.8. The SMILES string of the molecule is CNC(=O)NC(=O)[C@H](c1ccccc1)[NH+](C)Cc1ccc(OC(F)F)c(OC)c1. The number of imide groups is 1. The molecule has 7 nitrogen and oxygen atoms in total. The molecule has 2 atom stereocenters. The summed E-state index contributed by atoms with van der Waals surface area (Å²) in [4.78, 5) is 25.1. The van der Waals surface area contributed by atoms with Gasteiger partial charge in [-0.2, -0.15) is 8.78 Å². The second kappa shape index (κ2) is 10.4. The average Bonchev–Trinajstić information content (AvgIpc) is 2.69. The third-order valence-corrected chi connectivity index (χ3v) is 4.28. The Kier molecular flexibility index (Phi) is 7.90. The van der Waals surface area contributed by atoms with E-state index < -0.39 is 24.6 Å². The number of quaternary nitrogens is 1. The van der Waals surface area contributed by atoms with Gasteiger partial charge in [-0.05, 0) is 18.2 Å². The Morgan fingerprint density at radius 1 is 1.10 bits per heavy atom. The predicted molar refractivity (Wildman–Crippen MR) is 102 cm³/mol. The van der Waals surface area contributed by atoms with Crippen LogP contribution in [0.1, 0.15) is 17.2 Å². The molecule has 0 aliphatic rings. The van der Waals surface area contributed by atoms with Crippen LogP contribution in [0.2, 0.25) is 0 Å². The summed E-state index contributed by atoms with van der Waals surface area (Å²) in [5.41, 5.74) is 1.48. The number of urea groups is 1. The Hall–Kier alpha value is -3.20. The number of alkyl halides is 2. The zero-order valence-corrected chi connectivity index (χ0v) is 16.4. The smallest absolute Gasteiger partial charge is 0.387 e. The number of nitrogens with one attached hydrogen (secondary N) is 3. The van der Waals surface area contributed by atoms with Gasteiger partial charge in [0.1, 0.15) is 6.54 Å². The fraction of sp³-hybridized carbons (Fsp3) is 0.300. The number of carbonyl (C=O) groups is 2. The molecule has 0 bridgehead atoms. The molecule has 2 aromatic rings. The Morgan fingerprint density at radius 2 is 1.79 bits per heavy atom. The van der Waals surface area contributed by atoms with E-state index in [1.165, 1.54) is 20.2 Å². The molecule has 0 aliphatic carbocycles. The molecular weight excluding hydrogens is 384 g/mol. The number of halogens is 2. The van der Waals surface area contributed by atoms with Crippen LogP contribution in [0.15, 0.2) is 48.5 Å². The molecule has 29 heavy (non-hydrogen) atoms. The number of carbonyl (C=O) groups excluding carboxylic acids is 2. The molecule has 2 rings (SSSR count). The van der Waals surface area contributed by atoms with Gasteiger partial charge in [-0.25, -0.2) is 4.79 Å². The van der Waals surface area contributed by atoms with Gasteiger partial charge < -0.3 is 19.7 Å². The molecule has 3 amide bonds. The second-order valence-corrected chi connectivity index (χ2v) is 6.30. The van der Waals surface area contributed by atoms with E-state index in [0.717, 1.165) is 16.0 Å². The first-order valence-corrected chi connectivity index (χ1v) is 8.87. The summed E-state index contributed by atoms with van der Waals surface area (Å²) in [6.45, 7) is -2.59. The molecule has 0 radical (unpaired) electrons. The number of benzene rings is 2. The molecule has 0 aromatic heterocycles. The maximum Gasteiger partial charge on any atom is 0.387 e. The Labute approximate surface area is 167 Å². The second-order valence-electron chi connectivity index (χ2n) is 6.30. The van der Waals surface area contributed by atoms with E-state index in [1.54, 1.807) is 31.3 Å². The lowest BCUT2D eigenvalue weighted by Gasteiger charge is -2.24. The molecule has 2 aromatic carbocycles. The Bertz CT molecular complexity index is 834. The van der Waals surface area contributed by atoms with Gasteiger partial charge in [0.25, 0.3) is 5.91 Å². The van der Waals surface area contributed by atoms with Crippen LogP contribution >= 0.6 is 0 Å². The fourth-order valence-corrected chi connectivity index (χ4v) is 2.99. The minimum absolute atomic E-state index is 0.0686. The monoisotopic (exact) mass is 408 g/mol. The first-order valence-electron chi connectivity index (χ1n) is 8.87. The maximum atomic E-state index is 12.7. The molecule has 0 heterocycles. The Morgan fingerprint density at radius 3 is 2.38 bits per heavy atom. The minimum atomic E-state index is -2.96. The number of hydrogen-bond acceptors (Lipinski definition) is 4. The van der Waals surface area contributed by atoms with Crippen molar-refractivity contribution in [3.63, 3.8) is 0 Å². The quantitative estimate of drug-likeness (QED) is 0.619. The highest BCUT2D eigenvalue weighted by atomic mass is 19.3. The molecule has 0 saturated heterocycles. The van der Waals surface area contributed by atoms with Crippen molar-refractivity contribution in [2.24, 2.45) is 0 Å². The average molecular weight is 408 g/mol. The van der Waals surface area contributed by atoms with E-state index in [9.17, 15) is 18.4 Å². The van der Waals surface area contributed by atoms with Crippen LogP contribution in [-0.2, 0) is 11.3 Å². The number of methoxy groups -OCH3 is 1. The van der Waals surface area contributed by atoms with Gasteiger partial charge in [0.2, 0.25) is 0 Å². The van der Waals surface area contributed by atoms with Crippen molar-refractivity contribution >= 4 is 11.9 Å². The minimum Gasteiger partial charge on any atom is -0.493 e. The standard InChI is InChI=1S/C20H23F2N3O4/c1-23-20(27)24-18(26)17(14-7-5-4-6-8-14)25(2)12-13-9-10-15(29-19(21)22)16(11-13)28-3/h4-11,17,19H,12H2,1-3H3,(H2,23,24,26,27)/p+1/t17-/m0/s1. The van der Waals surface area contributed by atoms with Crippen molar-refractivity contribution in [2.45, 2.75) is 19.2 Å². The number of rotatable bonds is 8. The van der Waals surface area contributed by atoms with Crippen LogP contribution in [0.25, 0.3) is 0 Å². The summed E-state index contributed by atoms with van der Waals surface area (Å²) >= 11 is 0. The number of likely N-dealkylation sites (N-methyl/N-ethyl adjacent to an activating group) is 1. The van der Waals surface area contributed by atoms with Gasteiger partial charge in [-0.15, -0.1) is 0 Å². The summed E-state index contributed by atoms with van der Waals surface area (Å²) in [7, 11) is 4.58. The van der Waals surface area contributed by atoms with Crippen molar-refractivity contribution in [3.05, 3.63) is 59.7 Å². The van der Waals surface area contributed by atoms with Crippen molar-refractivity contribution in [1.82, 2.24) is 10.6 Å². The highest BCUT2D eigenvalue weighted by Gasteiger charge is 2.30. The molecule has 3 N–H and O–H groups in total. The van der Waals surface area contributed by atoms with Gasteiger partial charge in [0.15, 0.2) is 17.5 Å². The molecule has 0 aliphatic heterocycles. The van der Waals surface area contributed by atoms with Crippen LogP contribution in [0.4, 0.5) is 13.6 Å². The molecule has 0 fully saturated rings. The number of hydrogen-bond donors (Lipinski definition) is 3. The highest BCUT2D eigenvalue weighted by molar-refractivity contribution is 5.96. The maximum absolute atomic E-state index is 12.7. The van der Waals surface area contributed by atoms with Crippen molar-refractivity contribution < 1.29 is 32.7 Å². The molecule has 0 saturated carbocycles. The topological polar surface area (TPSA) is 81.1 Å². The van der Waals surface area contributed by atoms with Gasteiger partial charge in [0.05, 0.1) is 14.2 Å². The molecule has 9 heteroatoms. The summed E-state index contributed by atoms with van der Waals surface area (Å²) in [6.07, 6.45) is 0. The van der Waals surface area contributed by atoms with E-state index in [-0.39, 0.29) is 11.5 Å². The predicted octanol–water partition coefficient (Wildman–Crippen LogP) is 1.51. The van der Waals surface area contributed by atoms with Crippen LogP contribution in [0.5, 0.6) is 11.5 Å². The molecule has 1 unspecified atom stereocenters. The van der Waals surface area contributed by atoms with E-state index in [1.807, 2.05) is 18.2 Å². The van der Waals surface area contributed by atoms with Crippen molar-refractivity contribution in [2.75, 3.05) is 21.2 Å². The summed E-state index contributed by atoms with van der Waals surface area (Å²) < 4.78 is 34.6. The Balaban J connectivity index is 2.26. The lowest BCUT2D eigenvalue weighted by atomic mass is 10.0. The summed E-state index contributed by atoms with van der Waals surface area (Å²) in [6, 6.07) is 12.4. The van der Waals surface area contributed by atoms with Crippen LogP contribution < -0.4 is 25.0 Å². The lowest BCUT2D eigenvalue weighted by Crippen LogP contribution is -3.09. The van der Waals surface area contributed by atoms with E-state index in [0.29, 0.717) is 6.54 Å². The molecular formula is C20H24F2N3O4+. The summed E-state index contributed by atoms with van der Waals surface area (Å²) in [5, 5.41) is 4.67. The fourth-order valence-electron chi connectivity index (χ4n) is 2.99. The van der Waals surface area contributed by atoms with E-state index in [4.69, 9.17) is 4.74 Å². The van der Waals surface area contributed by atoms with Gasteiger partial charge in [0, 0.05) is 18.2 Å². The zero-order valence-electron chi connectivity index (χ0n) is 16.4. The molecule has 156 valence electrons. The normalized spacial score (nSPS) is 12.8. The van der Waals surface area contributed by atoms with Crippen LogP contribution in [-0.4, -0.2) is 39.8 Å². The zero-order chi connectivity index (χ0) is 21.4. The van der Waals surface area contributed by atoms with Crippen molar-refractivity contribution in [1.29, 1.82) is 0 Å². The summed E-state index contributed by atoms with van der Waals surface area (Å²) in [5.74, 6) is -0.361. The van der Waals surface area contributed by atoms with Crippen LogP contribution in [0, 0.1) is 0 Å².